The van der Waals surface area contributed by atoms with Crippen LogP contribution in [0.2, 0.25) is 10.0 Å². The van der Waals surface area contributed by atoms with Gasteiger partial charge in [0.15, 0.2) is 0 Å². The van der Waals surface area contributed by atoms with Crippen molar-refractivity contribution in [3.8, 4) is 0 Å². The number of imidazole rings is 1. The molecule has 2 aromatic carbocycles. The number of fused-ring (bicyclic) bond motifs is 1. The Labute approximate surface area is 136 Å². The van der Waals surface area contributed by atoms with E-state index in [9.17, 15) is 4.39 Å². The fraction of sp³-hybridized carbons (Fsp3) is 0.133. The Bertz CT molecular complexity index is 814. The molecule has 0 unspecified atom stereocenters. The van der Waals surface area contributed by atoms with Crippen LogP contribution in [-0.4, -0.2) is 9.55 Å². The molecule has 0 fully saturated rings. The number of benzene rings is 2. The molecule has 0 aliphatic carbocycles. The van der Waals surface area contributed by atoms with Gasteiger partial charge in [0.25, 0.3) is 0 Å². The molecule has 0 N–H and O–H groups in total. The molecule has 108 valence electrons. The predicted molar refractivity (Wildman–Crippen MR) is 84.8 cm³/mol. The average molecular weight is 344 g/mol. The molecule has 3 aromatic rings. The van der Waals surface area contributed by atoms with Gasteiger partial charge in [0.1, 0.15) is 11.6 Å². The molecule has 0 atom stereocenters. The highest BCUT2D eigenvalue weighted by atomic mass is 35.5. The van der Waals surface area contributed by atoms with Gasteiger partial charge in [-0.1, -0.05) is 41.4 Å². The van der Waals surface area contributed by atoms with Gasteiger partial charge in [-0.3, -0.25) is 0 Å². The van der Waals surface area contributed by atoms with Crippen LogP contribution in [0.25, 0.3) is 11.0 Å². The van der Waals surface area contributed by atoms with Crippen LogP contribution < -0.4 is 0 Å². The summed E-state index contributed by atoms with van der Waals surface area (Å²) in [4.78, 5) is 4.42. The lowest BCUT2D eigenvalue weighted by Crippen LogP contribution is -2.05. The second-order valence-corrected chi connectivity index (χ2v) is 5.68. The van der Waals surface area contributed by atoms with Gasteiger partial charge in [-0.15, -0.1) is 11.6 Å². The summed E-state index contributed by atoms with van der Waals surface area (Å²) in [5.41, 5.74) is 2.04. The Morgan fingerprint density at radius 3 is 2.52 bits per heavy atom. The highest BCUT2D eigenvalue weighted by Gasteiger charge is 2.14. The fourth-order valence-electron chi connectivity index (χ4n) is 2.25. The summed E-state index contributed by atoms with van der Waals surface area (Å²) >= 11 is 18.0. The van der Waals surface area contributed by atoms with Crippen molar-refractivity contribution >= 4 is 45.8 Å². The maximum atomic E-state index is 13.8. The normalized spacial score (nSPS) is 11.2. The summed E-state index contributed by atoms with van der Waals surface area (Å²) in [5.74, 6) is 0.603. The minimum Gasteiger partial charge on any atom is -0.322 e. The van der Waals surface area contributed by atoms with E-state index in [0.717, 1.165) is 5.52 Å². The van der Waals surface area contributed by atoms with E-state index in [1.54, 1.807) is 30.3 Å². The molecular formula is C15H10Cl3FN2. The van der Waals surface area contributed by atoms with Crippen LogP contribution >= 0.6 is 34.8 Å². The van der Waals surface area contributed by atoms with Gasteiger partial charge >= 0.3 is 0 Å². The first-order valence-corrected chi connectivity index (χ1v) is 7.52. The monoisotopic (exact) mass is 342 g/mol. The Morgan fingerprint density at radius 2 is 1.81 bits per heavy atom. The molecule has 0 aliphatic rings. The van der Waals surface area contributed by atoms with Crippen LogP contribution in [0.3, 0.4) is 0 Å². The molecule has 0 amide bonds. The van der Waals surface area contributed by atoms with E-state index in [2.05, 4.69) is 4.98 Å². The molecule has 0 aliphatic heterocycles. The summed E-state index contributed by atoms with van der Waals surface area (Å²) in [6.45, 7) is 0.336. The van der Waals surface area contributed by atoms with Gasteiger partial charge in [0, 0.05) is 5.56 Å². The first-order valence-electron chi connectivity index (χ1n) is 6.23. The van der Waals surface area contributed by atoms with Crippen LogP contribution in [0.1, 0.15) is 11.4 Å². The summed E-state index contributed by atoms with van der Waals surface area (Å²) in [5, 5.41) is 0.862. The second kappa shape index (κ2) is 5.84. The van der Waals surface area contributed by atoms with Crippen molar-refractivity contribution in [1.82, 2.24) is 9.55 Å². The number of hydrogen-bond acceptors (Lipinski definition) is 1. The van der Waals surface area contributed by atoms with Crippen molar-refractivity contribution < 1.29 is 4.39 Å². The number of rotatable bonds is 3. The van der Waals surface area contributed by atoms with Gasteiger partial charge in [-0.2, -0.15) is 0 Å². The lowest BCUT2D eigenvalue weighted by atomic mass is 10.2. The minimum absolute atomic E-state index is 0.221. The summed E-state index contributed by atoms with van der Waals surface area (Å²) in [6.07, 6.45) is 0. The van der Waals surface area contributed by atoms with Crippen molar-refractivity contribution in [2.24, 2.45) is 0 Å². The van der Waals surface area contributed by atoms with Gasteiger partial charge in [0.2, 0.25) is 0 Å². The number of hydrogen-bond donors (Lipinski definition) is 0. The largest absolute Gasteiger partial charge is 0.322 e. The van der Waals surface area contributed by atoms with Crippen LogP contribution in [0, 0.1) is 5.82 Å². The molecule has 1 aromatic heterocycles. The molecule has 0 radical (unpaired) electrons. The number of alkyl halides is 1. The van der Waals surface area contributed by atoms with Crippen LogP contribution in [0.4, 0.5) is 4.39 Å². The van der Waals surface area contributed by atoms with Crippen molar-refractivity contribution in [3.05, 3.63) is 63.6 Å². The maximum Gasteiger partial charge on any atom is 0.128 e. The topological polar surface area (TPSA) is 17.8 Å². The van der Waals surface area contributed by atoms with E-state index < -0.39 is 0 Å². The van der Waals surface area contributed by atoms with Gasteiger partial charge in [0.05, 0.1) is 33.5 Å². The van der Waals surface area contributed by atoms with Gasteiger partial charge < -0.3 is 4.57 Å². The van der Waals surface area contributed by atoms with Crippen LogP contribution in [0.15, 0.2) is 36.4 Å². The molecular weight excluding hydrogens is 334 g/mol. The Hall–Kier alpha value is -1.29. The maximum absolute atomic E-state index is 13.8. The molecule has 1 heterocycles. The molecule has 3 rings (SSSR count). The smallest absolute Gasteiger partial charge is 0.128 e. The SMILES string of the molecule is Fc1ccccc1Cn1c(CCl)nc2cc(Cl)c(Cl)cc21. The molecule has 0 bridgehead atoms. The third kappa shape index (κ3) is 2.73. The van der Waals surface area contributed by atoms with Gasteiger partial charge in [-0.05, 0) is 18.2 Å². The first-order chi connectivity index (χ1) is 10.1. The molecule has 0 saturated heterocycles. The predicted octanol–water partition coefficient (Wildman–Crippen LogP) is 5.27. The highest BCUT2D eigenvalue weighted by Crippen LogP contribution is 2.29. The third-order valence-corrected chi connectivity index (χ3v) is 4.24. The first kappa shape index (κ1) is 14.6. The summed E-state index contributed by atoms with van der Waals surface area (Å²) < 4.78 is 15.7. The quantitative estimate of drug-likeness (QED) is 0.592. The van der Waals surface area contributed by atoms with Gasteiger partial charge in [-0.25, -0.2) is 9.37 Å². The molecule has 0 saturated carbocycles. The second-order valence-electron chi connectivity index (χ2n) is 4.59. The van der Waals surface area contributed by atoms with E-state index in [4.69, 9.17) is 34.8 Å². The van der Waals surface area contributed by atoms with E-state index in [1.807, 2.05) is 4.57 Å². The number of aromatic nitrogens is 2. The lowest BCUT2D eigenvalue weighted by Gasteiger charge is -2.09. The third-order valence-electron chi connectivity index (χ3n) is 3.28. The Kier molecular flexibility index (Phi) is 4.07. The average Bonchev–Trinajstić information content (AvgIpc) is 2.79. The van der Waals surface area contributed by atoms with Crippen molar-refractivity contribution in [2.45, 2.75) is 12.4 Å². The lowest BCUT2D eigenvalue weighted by molar-refractivity contribution is 0.599. The van der Waals surface area contributed by atoms with E-state index in [0.29, 0.717) is 33.5 Å². The van der Waals surface area contributed by atoms with E-state index in [-0.39, 0.29) is 11.7 Å². The standard InChI is InChI=1S/C15H10Cl3FN2/c16-7-15-20-13-5-10(17)11(18)6-14(13)21(15)8-9-3-1-2-4-12(9)19/h1-6H,7-8H2. The number of nitrogens with zero attached hydrogens (tertiary/aromatic N) is 2. The fourth-order valence-corrected chi connectivity index (χ4v) is 2.77. The zero-order valence-corrected chi connectivity index (χ0v) is 13.1. The highest BCUT2D eigenvalue weighted by molar-refractivity contribution is 6.42. The summed E-state index contributed by atoms with van der Waals surface area (Å²) in [7, 11) is 0. The zero-order chi connectivity index (χ0) is 15.0. The zero-order valence-electron chi connectivity index (χ0n) is 10.8. The van der Waals surface area contributed by atoms with Crippen LogP contribution in [0.5, 0.6) is 0 Å². The number of halogens is 4. The molecule has 21 heavy (non-hydrogen) atoms. The molecule has 2 nitrogen and oxygen atoms in total. The van der Waals surface area contributed by atoms with Crippen molar-refractivity contribution in [2.75, 3.05) is 0 Å². The van der Waals surface area contributed by atoms with Crippen molar-refractivity contribution in [1.29, 1.82) is 0 Å². The minimum atomic E-state index is -0.264. The molecule has 6 heteroatoms. The molecule has 0 spiro atoms. The summed E-state index contributed by atoms with van der Waals surface area (Å²) in [6, 6.07) is 10.0. The Balaban J connectivity index is 2.16. The van der Waals surface area contributed by atoms with Crippen LogP contribution in [-0.2, 0) is 12.4 Å². The Morgan fingerprint density at radius 1 is 1.10 bits per heavy atom. The van der Waals surface area contributed by atoms with E-state index in [1.165, 1.54) is 6.07 Å². The van der Waals surface area contributed by atoms with Crippen molar-refractivity contribution in [3.63, 3.8) is 0 Å². The van der Waals surface area contributed by atoms with E-state index >= 15 is 0 Å².